The van der Waals surface area contributed by atoms with Crippen molar-refractivity contribution in [1.82, 2.24) is 5.32 Å². The molecule has 1 heterocycles. The SMILES string of the molecule is CCCCCCN.CCCCCCNC(=O)c1ccc(N2N=C(CCC)/C(=C\Nc3ccccc3CC)C2=O)cc1. The normalized spacial score (nSPS) is 13.6. The van der Waals surface area contributed by atoms with E-state index in [1.807, 2.05) is 18.2 Å². The van der Waals surface area contributed by atoms with Gasteiger partial charge in [0.05, 0.1) is 17.0 Å². The highest BCUT2D eigenvalue weighted by Gasteiger charge is 2.30. The Morgan fingerprint density at radius 2 is 1.56 bits per heavy atom. The number of nitrogens with one attached hydrogen (secondary N) is 2. The van der Waals surface area contributed by atoms with Crippen LogP contribution >= 0.6 is 0 Å². The Bertz CT molecular complexity index is 1120. The van der Waals surface area contributed by atoms with E-state index >= 15 is 0 Å². The Balaban J connectivity index is 0.000000745. The summed E-state index contributed by atoms with van der Waals surface area (Å²) in [4.78, 5) is 25.6. The molecule has 0 atom stereocenters. The summed E-state index contributed by atoms with van der Waals surface area (Å²) >= 11 is 0. The van der Waals surface area contributed by atoms with Crippen LogP contribution in [0.15, 0.2) is 65.4 Å². The Morgan fingerprint density at radius 1 is 0.878 bits per heavy atom. The molecule has 0 aliphatic carbocycles. The van der Waals surface area contributed by atoms with Crippen LogP contribution in [0, 0.1) is 0 Å². The van der Waals surface area contributed by atoms with Gasteiger partial charge < -0.3 is 16.4 Å². The van der Waals surface area contributed by atoms with Gasteiger partial charge in [-0.1, -0.05) is 90.8 Å². The number of unbranched alkanes of at least 4 members (excludes halogenated alkanes) is 6. The summed E-state index contributed by atoms with van der Waals surface area (Å²) < 4.78 is 0. The molecule has 0 saturated carbocycles. The van der Waals surface area contributed by atoms with Crippen LogP contribution in [0.2, 0.25) is 0 Å². The quantitative estimate of drug-likeness (QED) is 0.145. The molecule has 0 unspecified atom stereocenters. The molecule has 0 fully saturated rings. The molecule has 0 aromatic heterocycles. The molecule has 0 bridgehead atoms. The van der Waals surface area contributed by atoms with Crippen molar-refractivity contribution in [2.24, 2.45) is 10.8 Å². The Labute approximate surface area is 247 Å². The number of hydrogen-bond donors (Lipinski definition) is 3. The first-order valence-corrected chi connectivity index (χ1v) is 15.6. The molecule has 0 saturated heterocycles. The summed E-state index contributed by atoms with van der Waals surface area (Å²) in [6.45, 7) is 10.1. The van der Waals surface area contributed by atoms with E-state index in [1.54, 1.807) is 30.5 Å². The predicted molar refractivity (Wildman–Crippen MR) is 173 cm³/mol. The fraction of sp³-hybridized carbons (Fsp3) is 0.500. The van der Waals surface area contributed by atoms with Crippen molar-refractivity contribution >= 4 is 28.9 Å². The molecule has 1 aliphatic rings. The van der Waals surface area contributed by atoms with E-state index in [1.165, 1.54) is 49.1 Å². The van der Waals surface area contributed by atoms with Gasteiger partial charge in [0.2, 0.25) is 0 Å². The largest absolute Gasteiger partial charge is 0.361 e. The average Bonchev–Trinajstić information content (AvgIpc) is 3.31. The van der Waals surface area contributed by atoms with Gasteiger partial charge in [0.1, 0.15) is 0 Å². The molecule has 2 aromatic rings. The van der Waals surface area contributed by atoms with Crippen LogP contribution < -0.4 is 21.4 Å². The Hall–Kier alpha value is -3.45. The minimum absolute atomic E-state index is 0.0923. The van der Waals surface area contributed by atoms with Crippen LogP contribution in [-0.2, 0) is 11.2 Å². The van der Waals surface area contributed by atoms with E-state index in [4.69, 9.17) is 5.73 Å². The van der Waals surface area contributed by atoms with Gasteiger partial charge in [-0.15, -0.1) is 0 Å². The Morgan fingerprint density at radius 3 is 2.20 bits per heavy atom. The number of para-hydroxylation sites is 1. The molecule has 4 N–H and O–H groups in total. The molecule has 2 aromatic carbocycles. The maximum atomic E-state index is 13.2. The standard InChI is InChI=1S/C28H36N4O2.C6H15N/c1-4-7-8-11-19-29-27(33)22-15-17-23(18-16-22)32-28(34)24(26(31-32)12-5-2)20-30-25-14-10-9-13-21(25)6-3;1-2-3-4-5-6-7/h9-10,13-18,20,30H,4-8,11-12,19H2,1-3H3,(H,29,33);2-7H2,1H3/b24-20+;. The number of aryl methyl sites for hydroxylation is 1. The number of anilines is 2. The summed E-state index contributed by atoms with van der Waals surface area (Å²) in [5.41, 5.74) is 10.0. The van der Waals surface area contributed by atoms with Crippen LogP contribution in [0.1, 0.15) is 108 Å². The highest BCUT2D eigenvalue weighted by molar-refractivity contribution is 6.30. The number of hydrogen-bond acceptors (Lipinski definition) is 5. The van der Waals surface area contributed by atoms with Crippen molar-refractivity contribution in [2.45, 2.75) is 98.3 Å². The summed E-state index contributed by atoms with van der Waals surface area (Å²) in [6, 6.07) is 15.1. The van der Waals surface area contributed by atoms with Gasteiger partial charge in [-0.05, 0) is 68.1 Å². The number of amides is 2. The lowest BCUT2D eigenvalue weighted by Gasteiger charge is -2.13. The zero-order valence-electron chi connectivity index (χ0n) is 25.7. The lowest BCUT2D eigenvalue weighted by atomic mass is 10.1. The topological polar surface area (TPSA) is 99.8 Å². The molecule has 224 valence electrons. The summed E-state index contributed by atoms with van der Waals surface area (Å²) in [6.07, 6.45) is 13.9. The molecule has 0 radical (unpaired) electrons. The maximum absolute atomic E-state index is 13.2. The van der Waals surface area contributed by atoms with Gasteiger partial charge >= 0.3 is 0 Å². The van der Waals surface area contributed by atoms with E-state index in [-0.39, 0.29) is 11.8 Å². The molecule has 3 rings (SSSR count). The van der Waals surface area contributed by atoms with Crippen molar-refractivity contribution in [3.05, 3.63) is 71.4 Å². The summed E-state index contributed by atoms with van der Waals surface area (Å²) in [7, 11) is 0. The van der Waals surface area contributed by atoms with Crippen molar-refractivity contribution < 1.29 is 9.59 Å². The second-order valence-electron chi connectivity index (χ2n) is 10.3. The second-order valence-corrected chi connectivity index (χ2v) is 10.3. The van der Waals surface area contributed by atoms with Crippen molar-refractivity contribution in [3.8, 4) is 0 Å². The van der Waals surface area contributed by atoms with E-state index < -0.39 is 0 Å². The smallest absolute Gasteiger partial charge is 0.282 e. The van der Waals surface area contributed by atoms with Crippen molar-refractivity contribution in [3.63, 3.8) is 0 Å². The highest BCUT2D eigenvalue weighted by atomic mass is 16.2. The summed E-state index contributed by atoms with van der Waals surface area (Å²) in [5, 5.41) is 12.3. The van der Waals surface area contributed by atoms with Gasteiger partial charge in [-0.3, -0.25) is 9.59 Å². The molecule has 7 nitrogen and oxygen atoms in total. The van der Waals surface area contributed by atoms with Crippen molar-refractivity contribution in [1.29, 1.82) is 0 Å². The first-order valence-electron chi connectivity index (χ1n) is 15.6. The first-order chi connectivity index (χ1) is 20.0. The van der Waals surface area contributed by atoms with E-state index in [9.17, 15) is 9.59 Å². The number of rotatable bonds is 16. The fourth-order valence-electron chi connectivity index (χ4n) is 4.50. The second kappa shape index (κ2) is 19.6. The fourth-order valence-corrected chi connectivity index (χ4v) is 4.50. The van der Waals surface area contributed by atoms with E-state index in [0.717, 1.165) is 43.6 Å². The lowest BCUT2D eigenvalue weighted by molar-refractivity contribution is -0.114. The lowest BCUT2D eigenvalue weighted by Crippen LogP contribution is -2.25. The summed E-state index contributed by atoms with van der Waals surface area (Å²) in [5.74, 6) is -0.261. The monoisotopic (exact) mass is 561 g/mol. The molecule has 1 aliphatic heterocycles. The third-order valence-corrected chi connectivity index (χ3v) is 6.96. The van der Waals surface area contributed by atoms with E-state index in [2.05, 4.69) is 49.5 Å². The number of nitrogens with two attached hydrogens (primary N) is 1. The zero-order chi connectivity index (χ0) is 29.9. The van der Waals surface area contributed by atoms with Crippen LogP contribution in [-0.4, -0.2) is 30.6 Å². The third-order valence-electron chi connectivity index (χ3n) is 6.96. The first kappa shape index (κ1) is 33.8. The van der Waals surface area contributed by atoms with Crippen LogP contribution in [0.5, 0.6) is 0 Å². The average molecular weight is 562 g/mol. The molecule has 41 heavy (non-hydrogen) atoms. The van der Waals surface area contributed by atoms with Crippen LogP contribution in [0.4, 0.5) is 11.4 Å². The van der Waals surface area contributed by atoms with Gasteiger partial charge in [0.15, 0.2) is 0 Å². The molecular weight excluding hydrogens is 510 g/mol. The number of hydrazone groups is 1. The number of carbonyl (C=O) groups is 2. The number of benzene rings is 2. The zero-order valence-corrected chi connectivity index (χ0v) is 25.7. The predicted octanol–water partition coefficient (Wildman–Crippen LogP) is 7.58. The van der Waals surface area contributed by atoms with Crippen molar-refractivity contribution in [2.75, 3.05) is 23.4 Å². The van der Waals surface area contributed by atoms with Crippen LogP contribution in [0.25, 0.3) is 0 Å². The third kappa shape index (κ3) is 11.2. The van der Waals surface area contributed by atoms with Gasteiger partial charge in [-0.2, -0.15) is 10.1 Å². The Kier molecular flexibility index (Phi) is 16.1. The molecule has 0 spiro atoms. The highest BCUT2D eigenvalue weighted by Crippen LogP contribution is 2.26. The molecular formula is C34H51N5O2. The number of nitrogens with zero attached hydrogens (tertiary/aromatic N) is 2. The minimum Gasteiger partial charge on any atom is -0.361 e. The van der Waals surface area contributed by atoms with Crippen LogP contribution in [0.3, 0.4) is 0 Å². The maximum Gasteiger partial charge on any atom is 0.282 e. The molecule has 7 heteroatoms. The van der Waals surface area contributed by atoms with Gasteiger partial charge in [0.25, 0.3) is 11.8 Å². The number of carbonyl (C=O) groups excluding carboxylic acids is 2. The molecule has 2 amide bonds. The van der Waals surface area contributed by atoms with Gasteiger partial charge in [0, 0.05) is 24.0 Å². The van der Waals surface area contributed by atoms with E-state index in [0.29, 0.717) is 29.8 Å². The minimum atomic E-state index is -0.168. The van der Waals surface area contributed by atoms with Gasteiger partial charge in [-0.25, -0.2) is 0 Å².